The molecule has 2 heterocycles. The van der Waals surface area contributed by atoms with Gasteiger partial charge in [0.1, 0.15) is 11.9 Å². The molecule has 0 unspecified atom stereocenters. The van der Waals surface area contributed by atoms with Crippen molar-refractivity contribution in [2.45, 2.75) is 57.5 Å². The number of aromatic nitrogens is 1. The molecule has 1 aromatic heterocycles. The summed E-state index contributed by atoms with van der Waals surface area (Å²) >= 11 is 6.41. The number of pyridine rings is 1. The summed E-state index contributed by atoms with van der Waals surface area (Å²) in [5.41, 5.74) is 2.03. The molecule has 1 aliphatic heterocycles. The van der Waals surface area contributed by atoms with Crippen LogP contribution in [0.3, 0.4) is 0 Å². The molecule has 198 valence electrons. The molecule has 3 aromatic rings. The number of halogens is 2. The third-order valence-electron chi connectivity index (χ3n) is 7.79. The summed E-state index contributed by atoms with van der Waals surface area (Å²) < 4.78 is 21.1. The maximum absolute atomic E-state index is 15.7. The SMILES string of the molecule is COc1ccc2ncc(Cl)c([C@H](F)CCC3(CC(=O)O)CCN(CCCCc4ccccc4)CC3)c2c1. The maximum Gasteiger partial charge on any atom is 0.303 e. The molecule has 0 saturated carbocycles. The lowest BCUT2D eigenvalue weighted by Crippen LogP contribution is -2.41. The van der Waals surface area contributed by atoms with E-state index in [2.05, 4.69) is 34.1 Å². The predicted octanol–water partition coefficient (Wildman–Crippen LogP) is 7.27. The predicted molar refractivity (Wildman–Crippen MR) is 146 cm³/mol. The zero-order valence-electron chi connectivity index (χ0n) is 21.5. The van der Waals surface area contributed by atoms with E-state index in [1.165, 1.54) is 11.8 Å². The number of carbonyl (C=O) groups is 1. The molecule has 1 atom stereocenters. The van der Waals surface area contributed by atoms with Gasteiger partial charge in [0.2, 0.25) is 0 Å². The number of rotatable bonds is 12. The highest BCUT2D eigenvalue weighted by Crippen LogP contribution is 2.44. The molecule has 37 heavy (non-hydrogen) atoms. The number of alkyl halides is 1. The van der Waals surface area contributed by atoms with Gasteiger partial charge in [-0.3, -0.25) is 9.78 Å². The Labute approximate surface area is 223 Å². The average molecular weight is 527 g/mol. The summed E-state index contributed by atoms with van der Waals surface area (Å²) in [6, 6.07) is 15.9. The summed E-state index contributed by atoms with van der Waals surface area (Å²) in [4.78, 5) is 18.5. The van der Waals surface area contributed by atoms with Gasteiger partial charge in [-0.15, -0.1) is 0 Å². The lowest BCUT2D eigenvalue weighted by Gasteiger charge is -2.41. The summed E-state index contributed by atoms with van der Waals surface area (Å²) in [5, 5.41) is 10.6. The number of benzene rings is 2. The second-order valence-electron chi connectivity index (χ2n) is 10.3. The Bertz CT molecular complexity index is 1180. The number of fused-ring (bicyclic) bond motifs is 1. The molecule has 5 nitrogen and oxygen atoms in total. The molecular formula is C30H36ClFN2O3. The number of nitrogens with zero attached hydrogens (tertiary/aromatic N) is 2. The van der Waals surface area contributed by atoms with Crippen LogP contribution in [-0.4, -0.2) is 47.7 Å². The molecule has 1 N–H and O–H groups in total. The Balaban J connectivity index is 1.35. The van der Waals surface area contributed by atoms with Crippen LogP contribution in [0.4, 0.5) is 4.39 Å². The standard InChI is InChI=1S/C30H36ClFN2O3/c1-37-23-10-11-27-24(19-23)29(25(31)21-33-27)26(32)12-13-30(20-28(35)36)14-17-34(18-15-30)16-6-5-9-22-7-3-2-4-8-22/h2-4,7-8,10-11,19,21,26H,5-6,9,12-18,20H2,1H3,(H,35,36)/t26-/m1/s1. The highest BCUT2D eigenvalue weighted by Gasteiger charge is 2.37. The van der Waals surface area contributed by atoms with Gasteiger partial charge < -0.3 is 14.7 Å². The molecule has 1 aliphatic rings. The third kappa shape index (κ3) is 7.20. The van der Waals surface area contributed by atoms with Crippen molar-refractivity contribution in [3.63, 3.8) is 0 Å². The molecule has 1 saturated heterocycles. The maximum atomic E-state index is 15.7. The van der Waals surface area contributed by atoms with Gasteiger partial charge >= 0.3 is 5.97 Å². The quantitative estimate of drug-likeness (QED) is 0.251. The zero-order chi connectivity index (χ0) is 26.3. The average Bonchev–Trinajstić information content (AvgIpc) is 2.90. The molecule has 0 radical (unpaired) electrons. The van der Waals surface area contributed by atoms with Crippen molar-refractivity contribution >= 4 is 28.5 Å². The van der Waals surface area contributed by atoms with Crippen LogP contribution in [0.1, 0.15) is 62.2 Å². The van der Waals surface area contributed by atoms with Crippen molar-refractivity contribution in [2.24, 2.45) is 5.41 Å². The van der Waals surface area contributed by atoms with E-state index in [9.17, 15) is 9.90 Å². The number of methoxy groups -OCH3 is 1. The number of carboxylic acids is 1. The van der Waals surface area contributed by atoms with E-state index in [1.54, 1.807) is 25.3 Å². The van der Waals surface area contributed by atoms with E-state index in [0.29, 0.717) is 28.6 Å². The first-order chi connectivity index (χ1) is 17.9. The first kappa shape index (κ1) is 27.3. The lowest BCUT2D eigenvalue weighted by molar-refractivity contribution is -0.141. The summed E-state index contributed by atoms with van der Waals surface area (Å²) in [6.45, 7) is 2.72. The van der Waals surface area contributed by atoms with Crippen LogP contribution in [0.5, 0.6) is 5.75 Å². The largest absolute Gasteiger partial charge is 0.497 e. The van der Waals surface area contributed by atoms with E-state index in [-0.39, 0.29) is 17.9 Å². The van der Waals surface area contributed by atoms with Crippen LogP contribution in [0.15, 0.2) is 54.7 Å². The fourth-order valence-electron chi connectivity index (χ4n) is 5.59. The van der Waals surface area contributed by atoms with Gasteiger partial charge in [0.05, 0.1) is 24.1 Å². The summed E-state index contributed by atoms with van der Waals surface area (Å²) in [6.07, 6.45) is 5.83. The van der Waals surface area contributed by atoms with Gasteiger partial charge in [-0.25, -0.2) is 4.39 Å². The van der Waals surface area contributed by atoms with E-state index in [1.807, 2.05) is 6.07 Å². The lowest BCUT2D eigenvalue weighted by atomic mass is 9.71. The van der Waals surface area contributed by atoms with Crippen molar-refractivity contribution in [1.82, 2.24) is 9.88 Å². The smallest absolute Gasteiger partial charge is 0.303 e. The molecule has 0 spiro atoms. The number of hydrogen-bond donors (Lipinski definition) is 1. The Kier molecular flexibility index (Phi) is 9.38. The second-order valence-corrected chi connectivity index (χ2v) is 10.7. The van der Waals surface area contributed by atoms with Crippen LogP contribution in [-0.2, 0) is 11.2 Å². The van der Waals surface area contributed by atoms with Crippen molar-refractivity contribution < 1.29 is 19.0 Å². The monoisotopic (exact) mass is 526 g/mol. The molecule has 2 aromatic carbocycles. The number of piperidine rings is 1. The first-order valence-corrected chi connectivity index (χ1v) is 13.5. The van der Waals surface area contributed by atoms with E-state index >= 15 is 4.39 Å². The number of carboxylic acid groups (broad SMARTS) is 1. The Morgan fingerprint density at radius 3 is 2.65 bits per heavy atom. The molecule has 0 amide bonds. The molecular weight excluding hydrogens is 491 g/mol. The van der Waals surface area contributed by atoms with Crippen molar-refractivity contribution in [3.05, 3.63) is 70.9 Å². The molecule has 7 heteroatoms. The van der Waals surface area contributed by atoms with Crippen LogP contribution >= 0.6 is 11.6 Å². The van der Waals surface area contributed by atoms with E-state index < -0.39 is 17.6 Å². The van der Waals surface area contributed by atoms with Gasteiger partial charge in [-0.05, 0) is 93.8 Å². The fraction of sp³-hybridized carbons (Fsp3) is 0.467. The Morgan fingerprint density at radius 1 is 1.19 bits per heavy atom. The van der Waals surface area contributed by atoms with Crippen molar-refractivity contribution in [2.75, 3.05) is 26.7 Å². The van der Waals surface area contributed by atoms with Crippen LogP contribution < -0.4 is 4.74 Å². The number of ether oxygens (including phenoxy) is 1. The molecule has 0 bridgehead atoms. The van der Waals surface area contributed by atoms with Crippen LogP contribution in [0.2, 0.25) is 5.02 Å². The number of aliphatic carboxylic acids is 1. The number of aryl methyl sites for hydroxylation is 1. The molecule has 4 rings (SSSR count). The number of hydrogen-bond acceptors (Lipinski definition) is 4. The highest BCUT2D eigenvalue weighted by atomic mass is 35.5. The van der Waals surface area contributed by atoms with Crippen molar-refractivity contribution in [3.8, 4) is 5.75 Å². The van der Waals surface area contributed by atoms with Crippen molar-refractivity contribution in [1.29, 1.82) is 0 Å². The first-order valence-electron chi connectivity index (χ1n) is 13.1. The number of unbranched alkanes of at least 4 members (excludes halogenated alkanes) is 1. The van der Waals surface area contributed by atoms with Gasteiger partial charge in [0.25, 0.3) is 0 Å². The molecule has 1 fully saturated rings. The van der Waals surface area contributed by atoms with Gasteiger partial charge in [-0.1, -0.05) is 41.9 Å². The van der Waals surface area contributed by atoms with Gasteiger partial charge in [0.15, 0.2) is 0 Å². The summed E-state index contributed by atoms with van der Waals surface area (Å²) in [5.74, 6) is -0.202. The topological polar surface area (TPSA) is 62.7 Å². The minimum Gasteiger partial charge on any atom is -0.497 e. The van der Waals surface area contributed by atoms with E-state index in [4.69, 9.17) is 16.3 Å². The fourth-order valence-corrected chi connectivity index (χ4v) is 5.86. The Morgan fingerprint density at radius 2 is 1.95 bits per heavy atom. The van der Waals surface area contributed by atoms with E-state index in [0.717, 1.165) is 51.7 Å². The highest BCUT2D eigenvalue weighted by molar-refractivity contribution is 6.32. The molecule has 0 aliphatic carbocycles. The normalized spacial score (nSPS) is 16.5. The zero-order valence-corrected chi connectivity index (χ0v) is 22.2. The van der Waals surface area contributed by atoms with Crippen LogP contribution in [0, 0.1) is 5.41 Å². The van der Waals surface area contributed by atoms with Gasteiger partial charge in [0, 0.05) is 17.1 Å². The number of likely N-dealkylation sites (tertiary alicyclic amines) is 1. The Hall–Kier alpha value is -2.70. The minimum atomic E-state index is -1.31. The summed E-state index contributed by atoms with van der Waals surface area (Å²) in [7, 11) is 1.57. The third-order valence-corrected chi connectivity index (χ3v) is 8.09. The minimum absolute atomic E-state index is 0.0697. The second kappa shape index (κ2) is 12.7. The van der Waals surface area contributed by atoms with Crippen LogP contribution in [0.25, 0.3) is 10.9 Å². The van der Waals surface area contributed by atoms with Gasteiger partial charge in [-0.2, -0.15) is 0 Å².